The molecule has 4 rings (SSSR count). The Morgan fingerprint density at radius 1 is 1.18 bits per heavy atom. The third-order valence-electron chi connectivity index (χ3n) is 4.98. The van der Waals surface area contributed by atoms with Crippen LogP contribution in [0.25, 0.3) is 11.5 Å². The number of hydrogen-bond donors (Lipinski definition) is 0. The summed E-state index contributed by atoms with van der Waals surface area (Å²) in [5.74, 6) is 2.29. The van der Waals surface area contributed by atoms with E-state index in [0.717, 1.165) is 29.8 Å². The second-order valence-electron chi connectivity index (χ2n) is 7.18. The van der Waals surface area contributed by atoms with Crippen LogP contribution < -0.4 is 4.74 Å². The molecule has 1 aliphatic heterocycles. The van der Waals surface area contributed by atoms with E-state index < -0.39 is 0 Å². The monoisotopic (exact) mass is 377 g/mol. The minimum atomic E-state index is 0.0150. The first-order valence-electron chi connectivity index (χ1n) is 9.52. The second kappa shape index (κ2) is 8.25. The molecular weight excluding hydrogens is 354 g/mol. The number of nitrogens with zero attached hydrogens (tertiary/aromatic N) is 3. The van der Waals surface area contributed by atoms with Gasteiger partial charge in [-0.3, -0.25) is 4.79 Å². The summed E-state index contributed by atoms with van der Waals surface area (Å²) in [5, 5.41) is 4.09. The van der Waals surface area contributed by atoms with Crippen molar-refractivity contribution < 1.29 is 14.1 Å². The van der Waals surface area contributed by atoms with Crippen LogP contribution in [0.1, 0.15) is 17.8 Å². The number of aryl methyl sites for hydroxylation is 1. The summed E-state index contributed by atoms with van der Waals surface area (Å²) < 4.78 is 11.0. The van der Waals surface area contributed by atoms with Crippen molar-refractivity contribution in [3.63, 3.8) is 0 Å². The van der Waals surface area contributed by atoms with Crippen molar-refractivity contribution in [2.24, 2.45) is 5.92 Å². The van der Waals surface area contributed by atoms with Gasteiger partial charge >= 0.3 is 0 Å². The summed E-state index contributed by atoms with van der Waals surface area (Å²) in [5.41, 5.74) is 2.08. The molecule has 2 heterocycles. The van der Waals surface area contributed by atoms with Gasteiger partial charge < -0.3 is 14.2 Å². The molecular formula is C22H23N3O3. The van der Waals surface area contributed by atoms with Crippen LogP contribution in [0.2, 0.25) is 0 Å². The van der Waals surface area contributed by atoms with Crippen molar-refractivity contribution in [3.05, 3.63) is 66.0 Å². The number of likely N-dealkylation sites (tertiary alicyclic amines) is 1. The van der Waals surface area contributed by atoms with Gasteiger partial charge in [0.1, 0.15) is 5.75 Å². The highest BCUT2D eigenvalue weighted by atomic mass is 16.5. The molecule has 28 heavy (non-hydrogen) atoms. The number of rotatable bonds is 6. The van der Waals surface area contributed by atoms with Gasteiger partial charge in [-0.1, -0.05) is 41.1 Å². The Bertz CT molecular complexity index is 922. The molecule has 0 aliphatic carbocycles. The molecule has 1 atom stereocenters. The molecule has 0 radical (unpaired) electrons. The Hall–Kier alpha value is -3.15. The van der Waals surface area contributed by atoms with Crippen LogP contribution >= 0.6 is 0 Å². The normalized spacial score (nSPS) is 16.3. The molecule has 6 nitrogen and oxygen atoms in total. The maximum atomic E-state index is 12.4. The van der Waals surface area contributed by atoms with Crippen molar-refractivity contribution in [1.29, 1.82) is 0 Å². The molecule has 144 valence electrons. The summed E-state index contributed by atoms with van der Waals surface area (Å²) in [6, 6.07) is 17.4. The Morgan fingerprint density at radius 3 is 2.75 bits per heavy atom. The molecule has 0 spiro atoms. The molecule has 2 aromatic carbocycles. The van der Waals surface area contributed by atoms with Gasteiger partial charge in [-0.2, -0.15) is 4.98 Å². The standard InChI is InChI=1S/C22H23N3O3/c1-16-7-9-19(10-8-16)27-15-21(26)25-12-11-17(14-25)13-20-23-22(28-24-20)18-5-3-2-4-6-18/h2-10,17H,11-15H2,1H3. The van der Waals surface area contributed by atoms with E-state index >= 15 is 0 Å². The van der Waals surface area contributed by atoms with Crippen LogP contribution in [0.3, 0.4) is 0 Å². The lowest BCUT2D eigenvalue weighted by molar-refractivity contribution is -0.132. The summed E-state index contributed by atoms with van der Waals surface area (Å²) in [4.78, 5) is 18.8. The highest BCUT2D eigenvalue weighted by Crippen LogP contribution is 2.22. The van der Waals surface area contributed by atoms with Crippen molar-refractivity contribution in [3.8, 4) is 17.2 Å². The quantitative estimate of drug-likeness (QED) is 0.657. The maximum absolute atomic E-state index is 12.4. The molecule has 1 aliphatic rings. The molecule has 1 aromatic heterocycles. The summed E-state index contributed by atoms with van der Waals surface area (Å²) >= 11 is 0. The topological polar surface area (TPSA) is 68.5 Å². The zero-order chi connectivity index (χ0) is 19.3. The van der Waals surface area contributed by atoms with Gasteiger partial charge in [-0.25, -0.2) is 0 Å². The molecule has 1 saturated heterocycles. The number of benzene rings is 2. The van der Waals surface area contributed by atoms with Gasteiger partial charge in [0, 0.05) is 25.1 Å². The van der Waals surface area contributed by atoms with E-state index in [1.165, 1.54) is 0 Å². The highest BCUT2D eigenvalue weighted by Gasteiger charge is 2.28. The number of ether oxygens (including phenoxy) is 1. The van der Waals surface area contributed by atoms with Gasteiger partial charge in [0.2, 0.25) is 0 Å². The highest BCUT2D eigenvalue weighted by molar-refractivity contribution is 5.78. The van der Waals surface area contributed by atoms with E-state index in [0.29, 0.717) is 30.6 Å². The Morgan fingerprint density at radius 2 is 1.96 bits per heavy atom. The van der Waals surface area contributed by atoms with Gasteiger partial charge in [-0.15, -0.1) is 0 Å². The smallest absolute Gasteiger partial charge is 0.260 e. The lowest BCUT2D eigenvalue weighted by Gasteiger charge is -2.16. The molecule has 0 bridgehead atoms. The van der Waals surface area contributed by atoms with Crippen LogP contribution in [0.4, 0.5) is 0 Å². The predicted octanol–water partition coefficient (Wildman–Crippen LogP) is 3.52. The van der Waals surface area contributed by atoms with Crippen LogP contribution in [0, 0.1) is 12.8 Å². The van der Waals surface area contributed by atoms with E-state index in [1.54, 1.807) is 0 Å². The number of amides is 1. The lowest BCUT2D eigenvalue weighted by atomic mass is 10.1. The lowest BCUT2D eigenvalue weighted by Crippen LogP contribution is -2.33. The van der Waals surface area contributed by atoms with E-state index in [-0.39, 0.29) is 12.5 Å². The average Bonchev–Trinajstić information content (AvgIpc) is 3.38. The van der Waals surface area contributed by atoms with Gasteiger partial charge in [0.15, 0.2) is 12.4 Å². The van der Waals surface area contributed by atoms with Crippen molar-refractivity contribution in [1.82, 2.24) is 15.0 Å². The zero-order valence-electron chi connectivity index (χ0n) is 15.9. The maximum Gasteiger partial charge on any atom is 0.260 e. The second-order valence-corrected chi connectivity index (χ2v) is 7.18. The average molecular weight is 377 g/mol. The van der Waals surface area contributed by atoms with Crippen LogP contribution in [-0.4, -0.2) is 40.6 Å². The first-order chi connectivity index (χ1) is 13.7. The molecule has 1 fully saturated rings. The molecule has 3 aromatic rings. The van der Waals surface area contributed by atoms with E-state index in [1.807, 2.05) is 66.4 Å². The van der Waals surface area contributed by atoms with Gasteiger partial charge in [-0.05, 0) is 43.5 Å². The largest absolute Gasteiger partial charge is 0.484 e. The third kappa shape index (κ3) is 4.39. The minimum Gasteiger partial charge on any atom is -0.484 e. The Kier molecular flexibility index (Phi) is 5.37. The van der Waals surface area contributed by atoms with Crippen LogP contribution in [0.15, 0.2) is 59.1 Å². The van der Waals surface area contributed by atoms with Crippen molar-refractivity contribution in [2.75, 3.05) is 19.7 Å². The number of carbonyl (C=O) groups is 1. The SMILES string of the molecule is Cc1ccc(OCC(=O)N2CCC(Cc3noc(-c4ccccc4)n3)C2)cc1. The van der Waals surface area contributed by atoms with Gasteiger partial charge in [0.05, 0.1) is 0 Å². The molecule has 0 N–H and O–H groups in total. The number of hydrogen-bond acceptors (Lipinski definition) is 5. The number of aromatic nitrogens is 2. The molecule has 1 amide bonds. The Balaban J connectivity index is 1.27. The summed E-state index contributed by atoms with van der Waals surface area (Å²) in [7, 11) is 0. The van der Waals surface area contributed by atoms with Crippen molar-refractivity contribution in [2.45, 2.75) is 19.8 Å². The zero-order valence-corrected chi connectivity index (χ0v) is 15.9. The Labute approximate surface area is 164 Å². The van der Waals surface area contributed by atoms with Gasteiger partial charge in [0.25, 0.3) is 11.8 Å². The fraction of sp³-hybridized carbons (Fsp3) is 0.318. The van der Waals surface area contributed by atoms with E-state index in [4.69, 9.17) is 9.26 Å². The molecule has 6 heteroatoms. The van der Waals surface area contributed by atoms with Crippen LogP contribution in [0.5, 0.6) is 5.75 Å². The molecule has 1 unspecified atom stereocenters. The summed E-state index contributed by atoms with van der Waals surface area (Å²) in [6.07, 6.45) is 1.64. The predicted molar refractivity (Wildman–Crippen MR) is 105 cm³/mol. The first kappa shape index (κ1) is 18.2. The number of carbonyl (C=O) groups excluding carboxylic acids is 1. The minimum absolute atomic E-state index is 0.0150. The van der Waals surface area contributed by atoms with E-state index in [2.05, 4.69) is 10.1 Å². The molecule has 0 saturated carbocycles. The van der Waals surface area contributed by atoms with Crippen molar-refractivity contribution >= 4 is 5.91 Å². The summed E-state index contributed by atoms with van der Waals surface area (Å²) in [6.45, 7) is 3.53. The fourth-order valence-electron chi connectivity index (χ4n) is 3.39. The third-order valence-corrected chi connectivity index (χ3v) is 4.98. The van der Waals surface area contributed by atoms with E-state index in [9.17, 15) is 4.79 Å². The first-order valence-corrected chi connectivity index (χ1v) is 9.52. The fourth-order valence-corrected chi connectivity index (χ4v) is 3.39. The van der Waals surface area contributed by atoms with Crippen LogP contribution in [-0.2, 0) is 11.2 Å².